The van der Waals surface area contributed by atoms with E-state index in [-0.39, 0.29) is 0 Å². The van der Waals surface area contributed by atoms with Crippen LogP contribution in [-0.2, 0) is 0 Å². The van der Waals surface area contributed by atoms with Gasteiger partial charge in [-0.05, 0) is 38.6 Å². The molecule has 1 unspecified atom stereocenters. The van der Waals surface area contributed by atoms with Gasteiger partial charge in [0.15, 0.2) is 0 Å². The summed E-state index contributed by atoms with van der Waals surface area (Å²) in [5.74, 6) is 0. The lowest BCUT2D eigenvalue weighted by atomic mass is 10.1. The molecular weight excluding hydrogens is 238 g/mol. The third-order valence-electron chi connectivity index (χ3n) is 2.37. The minimum Gasteiger partial charge on any atom is -0.389 e. The van der Waals surface area contributed by atoms with Crippen LogP contribution in [0.15, 0.2) is 24.3 Å². The number of halogens is 1. The van der Waals surface area contributed by atoms with Gasteiger partial charge in [-0.1, -0.05) is 23.7 Å². The van der Waals surface area contributed by atoms with E-state index in [9.17, 15) is 10.2 Å². The van der Waals surface area contributed by atoms with E-state index in [1.165, 1.54) is 0 Å². The minimum atomic E-state index is -0.761. The molecule has 0 amide bonds. The van der Waals surface area contributed by atoms with Gasteiger partial charge in [0.1, 0.15) is 0 Å². The first-order valence-electron chi connectivity index (χ1n) is 5.62. The van der Waals surface area contributed by atoms with Crippen LogP contribution in [0.3, 0.4) is 0 Å². The van der Waals surface area contributed by atoms with Gasteiger partial charge in [0, 0.05) is 18.1 Å². The highest BCUT2D eigenvalue weighted by Crippen LogP contribution is 2.18. The van der Waals surface area contributed by atoms with Crippen LogP contribution in [0.5, 0.6) is 0 Å². The van der Waals surface area contributed by atoms with E-state index >= 15 is 0 Å². The largest absolute Gasteiger partial charge is 0.389 e. The Morgan fingerprint density at radius 3 is 2.59 bits per heavy atom. The van der Waals surface area contributed by atoms with Crippen molar-refractivity contribution in [3.8, 4) is 0 Å². The van der Waals surface area contributed by atoms with Gasteiger partial charge in [0.25, 0.3) is 0 Å². The fourth-order valence-corrected chi connectivity index (χ4v) is 2.04. The molecule has 0 spiro atoms. The zero-order valence-corrected chi connectivity index (χ0v) is 11.3. The number of rotatable bonds is 5. The predicted octanol–water partition coefficient (Wildman–Crippen LogP) is 2.08. The summed E-state index contributed by atoms with van der Waals surface area (Å²) in [7, 11) is 1.87. The number of hydrogen-bond acceptors (Lipinski definition) is 3. The van der Waals surface area contributed by atoms with Crippen LogP contribution in [0.2, 0.25) is 5.02 Å². The summed E-state index contributed by atoms with van der Waals surface area (Å²) in [6, 6.07) is 7.19. The molecule has 0 aliphatic rings. The smallest absolute Gasteiger partial charge is 0.0917 e. The molecule has 4 heteroatoms. The van der Waals surface area contributed by atoms with E-state index in [2.05, 4.69) is 0 Å². The number of hydrogen-bond donors (Lipinski definition) is 2. The normalized spacial score (nSPS) is 14.1. The molecule has 0 saturated heterocycles. The number of benzene rings is 1. The van der Waals surface area contributed by atoms with Crippen LogP contribution in [0.1, 0.15) is 25.5 Å². The van der Waals surface area contributed by atoms with E-state index in [4.69, 9.17) is 11.6 Å². The molecule has 0 radical (unpaired) electrons. The molecule has 0 bridgehead atoms. The van der Waals surface area contributed by atoms with Gasteiger partial charge in [-0.3, -0.25) is 0 Å². The predicted molar refractivity (Wildman–Crippen MR) is 70.2 cm³/mol. The monoisotopic (exact) mass is 257 g/mol. The van der Waals surface area contributed by atoms with Crippen molar-refractivity contribution in [2.24, 2.45) is 0 Å². The lowest BCUT2D eigenvalue weighted by Crippen LogP contribution is -2.38. The number of likely N-dealkylation sites (N-methyl/N-ethyl adjacent to an activating group) is 1. The van der Waals surface area contributed by atoms with Crippen LogP contribution >= 0.6 is 11.6 Å². The van der Waals surface area contributed by atoms with E-state index < -0.39 is 11.7 Å². The first-order chi connectivity index (χ1) is 7.78. The Morgan fingerprint density at radius 1 is 1.41 bits per heavy atom. The second kappa shape index (κ2) is 5.83. The number of aliphatic hydroxyl groups excluding tert-OH is 1. The van der Waals surface area contributed by atoms with E-state index in [1.807, 2.05) is 24.1 Å². The second-order valence-electron chi connectivity index (χ2n) is 5.08. The van der Waals surface area contributed by atoms with Crippen LogP contribution in [0.4, 0.5) is 0 Å². The molecule has 96 valence electrons. The first kappa shape index (κ1) is 14.5. The summed E-state index contributed by atoms with van der Waals surface area (Å²) in [6.07, 6.45) is -0.596. The molecule has 17 heavy (non-hydrogen) atoms. The second-order valence-corrected chi connectivity index (χ2v) is 5.52. The summed E-state index contributed by atoms with van der Waals surface area (Å²) in [5, 5.41) is 20.3. The highest BCUT2D eigenvalue weighted by atomic mass is 35.5. The molecular formula is C13H20ClNO2. The van der Waals surface area contributed by atoms with Gasteiger partial charge in [0.05, 0.1) is 11.7 Å². The molecule has 0 fully saturated rings. The fourth-order valence-electron chi connectivity index (χ4n) is 1.84. The molecule has 3 nitrogen and oxygen atoms in total. The minimum absolute atomic E-state index is 0.463. The van der Waals surface area contributed by atoms with Gasteiger partial charge in [-0.25, -0.2) is 0 Å². The quantitative estimate of drug-likeness (QED) is 0.849. The van der Waals surface area contributed by atoms with Crippen molar-refractivity contribution in [3.63, 3.8) is 0 Å². The Kier molecular flexibility index (Phi) is 4.95. The molecule has 1 aromatic rings. The Morgan fingerprint density at radius 2 is 2.06 bits per heavy atom. The standard InChI is InChI=1S/C13H20ClNO2/c1-13(2,17)9-15(3)8-12(16)10-5-4-6-11(14)7-10/h4-7,12,16-17H,8-9H2,1-3H3. The molecule has 0 aliphatic carbocycles. The topological polar surface area (TPSA) is 43.7 Å². The van der Waals surface area contributed by atoms with Crippen molar-refractivity contribution in [3.05, 3.63) is 34.9 Å². The fraction of sp³-hybridized carbons (Fsp3) is 0.538. The van der Waals surface area contributed by atoms with Crippen molar-refractivity contribution in [1.82, 2.24) is 4.90 Å². The van der Waals surface area contributed by atoms with Crippen molar-refractivity contribution in [2.45, 2.75) is 25.6 Å². The van der Waals surface area contributed by atoms with Crippen LogP contribution < -0.4 is 0 Å². The van der Waals surface area contributed by atoms with E-state index in [0.29, 0.717) is 18.1 Å². The third-order valence-corrected chi connectivity index (χ3v) is 2.61. The summed E-state index contributed by atoms with van der Waals surface area (Å²) in [4.78, 5) is 1.89. The Balaban J connectivity index is 2.57. The van der Waals surface area contributed by atoms with Gasteiger partial charge in [-0.15, -0.1) is 0 Å². The lowest BCUT2D eigenvalue weighted by Gasteiger charge is -2.27. The first-order valence-corrected chi connectivity index (χ1v) is 6.00. The zero-order chi connectivity index (χ0) is 13.1. The van der Waals surface area contributed by atoms with Crippen molar-refractivity contribution in [1.29, 1.82) is 0 Å². The van der Waals surface area contributed by atoms with Crippen LogP contribution in [0.25, 0.3) is 0 Å². The highest BCUT2D eigenvalue weighted by molar-refractivity contribution is 6.30. The summed E-state index contributed by atoms with van der Waals surface area (Å²) in [5.41, 5.74) is 0.0306. The van der Waals surface area contributed by atoms with Crippen molar-refractivity contribution >= 4 is 11.6 Å². The maximum absolute atomic E-state index is 10.0. The van der Waals surface area contributed by atoms with Crippen molar-refractivity contribution in [2.75, 3.05) is 20.1 Å². The third kappa shape index (κ3) is 5.50. The number of aliphatic hydroxyl groups is 2. The zero-order valence-electron chi connectivity index (χ0n) is 10.5. The Bertz CT molecular complexity index is 363. The van der Waals surface area contributed by atoms with Crippen LogP contribution in [-0.4, -0.2) is 40.9 Å². The maximum atomic E-state index is 10.0. The Labute approximate surface area is 108 Å². The molecule has 1 atom stereocenters. The van der Waals surface area contributed by atoms with Gasteiger partial charge < -0.3 is 15.1 Å². The summed E-state index contributed by atoms with van der Waals surface area (Å²) in [6.45, 7) is 4.46. The molecule has 0 saturated carbocycles. The molecule has 0 aromatic heterocycles. The highest BCUT2D eigenvalue weighted by Gasteiger charge is 2.18. The molecule has 2 N–H and O–H groups in total. The van der Waals surface area contributed by atoms with Gasteiger partial charge >= 0.3 is 0 Å². The summed E-state index contributed by atoms with van der Waals surface area (Å²) >= 11 is 5.87. The molecule has 0 heterocycles. The molecule has 1 aromatic carbocycles. The Hall–Kier alpha value is -0.610. The average Bonchev–Trinajstić information content (AvgIpc) is 2.14. The summed E-state index contributed by atoms with van der Waals surface area (Å²) < 4.78 is 0. The number of nitrogens with zero attached hydrogens (tertiary/aromatic N) is 1. The van der Waals surface area contributed by atoms with Gasteiger partial charge in [-0.2, -0.15) is 0 Å². The van der Waals surface area contributed by atoms with Gasteiger partial charge in [0.2, 0.25) is 0 Å². The van der Waals surface area contributed by atoms with Crippen LogP contribution in [0, 0.1) is 0 Å². The SMILES string of the molecule is CN(CC(O)c1cccc(Cl)c1)CC(C)(C)O. The molecule has 1 rings (SSSR count). The van der Waals surface area contributed by atoms with E-state index in [1.54, 1.807) is 26.0 Å². The van der Waals surface area contributed by atoms with E-state index in [0.717, 1.165) is 5.56 Å². The average molecular weight is 258 g/mol. The maximum Gasteiger partial charge on any atom is 0.0917 e. The lowest BCUT2D eigenvalue weighted by molar-refractivity contribution is 0.0284. The van der Waals surface area contributed by atoms with Crippen molar-refractivity contribution < 1.29 is 10.2 Å². The molecule has 0 aliphatic heterocycles.